The van der Waals surface area contributed by atoms with Crippen LogP contribution >= 0.6 is 11.6 Å². The zero-order valence-electron chi connectivity index (χ0n) is 18.0. The van der Waals surface area contributed by atoms with E-state index in [1.807, 2.05) is 20.8 Å². The van der Waals surface area contributed by atoms with Crippen LogP contribution in [0.3, 0.4) is 0 Å². The second-order valence-corrected chi connectivity index (χ2v) is 6.84. The van der Waals surface area contributed by atoms with E-state index in [4.69, 9.17) is 17.3 Å². The third-order valence-electron chi connectivity index (χ3n) is 4.37. The number of esters is 1. The predicted molar refractivity (Wildman–Crippen MR) is 117 cm³/mol. The molecule has 2 unspecified atom stereocenters. The summed E-state index contributed by atoms with van der Waals surface area (Å²) in [7, 11) is 1.31. The molecule has 2 atom stereocenters. The Kier molecular flexibility index (Phi) is 10.4. The number of hydrogen-bond acceptors (Lipinski definition) is 6. The molecule has 3 N–H and O–H groups in total. The van der Waals surface area contributed by atoms with Gasteiger partial charge in [-0.25, -0.2) is 9.37 Å². The summed E-state index contributed by atoms with van der Waals surface area (Å²) in [5, 5.41) is 3.21. The molecule has 30 heavy (non-hydrogen) atoms. The number of methoxy groups -OCH3 is 1. The Morgan fingerprint density at radius 3 is 2.47 bits per heavy atom. The molecule has 6 nitrogen and oxygen atoms in total. The van der Waals surface area contributed by atoms with E-state index in [9.17, 15) is 9.59 Å². The Balaban J connectivity index is 0.00000218. The lowest BCUT2D eigenvalue weighted by Crippen LogP contribution is -2.33. The molecule has 0 aliphatic heterocycles. The molecule has 0 amide bonds. The molecule has 1 heterocycles. The quantitative estimate of drug-likeness (QED) is 0.459. The molecule has 8 heteroatoms. The first-order valence-electron chi connectivity index (χ1n) is 9.85. The smallest absolute Gasteiger partial charge is 0.307 e. The van der Waals surface area contributed by atoms with Crippen LogP contribution in [-0.2, 0) is 9.53 Å². The van der Waals surface area contributed by atoms with Gasteiger partial charge in [0.05, 0.1) is 24.1 Å². The van der Waals surface area contributed by atoms with Crippen LogP contribution in [0.25, 0.3) is 0 Å². The van der Waals surface area contributed by atoms with Crippen LogP contribution < -0.4 is 11.1 Å². The summed E-state index contributed by atoms with van der Waals surface area (Å²) in [6.45, 7) is 7.68. The second kappa shape index (κ2) is 12.2. The normalized spacial score (nSPS) is 12.4. The minimum Gasteiger partial charge on any atom is -0.469 e. The summed E-state index contributed by atoms with van der Waals surface area (Å²) in [4.78, 5) is 28.1. The molecule has 0 saturated heterocycles. The summed E-state index contributed by atoms with van der Waals surface area (Å²) >= 11 is 6.13. The van der Waals surface area contributed by atoms with Crippen molar-refractivity contribution in [1.29, 1.82) is 0 Å². The van der Waals surface area contributed by atoms with Crippen molar-refractivity contribution in [3.05, 3.63) is 58.0 Å². The van der Waals surface area contributed by atoms with Crippen molar-refractivity contribution in [2.45, 2.75) is 52.6 Å². The van der Waals surface area contributed by atoms with Gasteiger partial charge in [-0.2, -0.15) is 0 Å². The molecule has 0 bridgehead atoms. The number of halogens is 2. The van der Waals surface area contributed by atoms with Gasteiger partial charge in [-0.1, -0.05) is 38.4 Å². The van der Waals surface area contributed by atoms with Gasteiger partial charge < -0.3 is 15.8 Å². The largest absolute Gasteiger partial charge is 0.469 e. The van der Waals surface area contributed by atoms with E-state index < -0.39 is 17.6 Å². The van der Waals surface area contributed by atoms with E-state index in [1.165, 1.54) is 31.5 Å². The van der Waals surface area contributed by atoms with Crippen LogP contribution in [0, 0.1) is 5.82 Å². The molecule has 0 fully saturated rings. The van der Waals surface area contributed by atoms with Crippen molar-refractivity contribution in [2.24, 2.45) is 0 Å². The van der Waals surface area contributed by atoms with Gasteiger partial charge in [0.1, 0.15) is 11.6 Å². The molecule has 0 spiro atoms. The van der Waals surface area contributed by atoms with Gasteiger partial charge in [0.15, 0.2) is 5.78 Å². The fraction of sp³-hybridized carbons (Fsp3) is 0.409. The van der Waals surface area contributed by atoms with Crippen molar-refractivity contribution < 1.29 is 18.7 Å². The maximum atomic E-state index is 15.3. The molecule has 1 aromatic carbocycles. The van der Waals surface area contributed by atoms with E-state index in [0.29, 0.717) is 12.0 Å². The third kappa shape index (κ3) is 6.50. The van der Waals surface area contributed by atoms with Gasteiger partial charge in [-0.15, -0.1) is 0 Å². The first-order valence-corrected chi connectivity index (χ1v) is 10.2. The molecule has 0 saturated carbocycles. The van der Waals surface area contributed by atoms with Crippen LogP contribution in [0.4, 0.5) is 10.2 Å². The highest BCUT2D eigenvalue weighted by Gasteiger charge is 2.25. The Labute approximate surface area is 182 Å². The average molecular weight is 438 g/mol. The molecule has 164 valence electrons. The van der Waals surface area contributed by atoms with Gasteiger partial charge in [-0.05, 0) is 31.5 Å². The summed E-state index contributed by atoms with van der Waals surface area (Å²) in [5.74, 6) is -1.38. The van der Waals surface area contributed by atoms with E-state index in [2.05, 4.69) is 15.0 Å². The number of carbonyl (C=O) groups excluding carboxylic acids is 2. The number of benzene rings is 1. The first-order chi connectivity index (χ1) is 14.3. The third-order valence-corrected chi connectivity index (χ3v) is 4.68. The topological polar surface area (TPSA) is 94.3 Å². The van der Waals surface area contributed by atoms with E-state index >= 15 is 4.39 Å². The lowest BCUT2D eigenvalue weighted by Gasteiger charge is -2.23. The number of nitrogen functional groups attached to an aromatic ring is 1. The van der Waals surface area contributed by atoms with Crippen molar-refractivity contribution in [2.75, 3.05) is 12.8 Å². The van der Waals surface area contributed by atoms with Crippen LogP contribution in [0.2, 0.25) is 5.02 Å². The number of rotatable bonds is 8. The predicted octanol–water partition coefficient (Wildman–Crippen LogP) is 4.71. The maximum absolute atomic E-state index is 15.3. The Hall–Kier alpha value is -2.51. The van der Waals surface area contributed by atoms with E-state index in [-0.39, 0.29) is 40.4 Å². The van der Waals surface area contributed by atoms with Gasteiger partial charge >= 0.3 is 5.97 Å². The minimum absolute atomic E-state index is 0.0144. The van der Waals surface area contributed by atoms with Gasteiger partial charge in [0.25, 0.3) is 0 Å². The minimum atomic E-state index is -0.695. The second-order valence-electron chi connectivity index (χ2n) is 6.44. The fourth-order valence-electron chi connectivity index (χ4n) is 2.89. The number of nitrogens with two attached hydrogens (primary N) is 1. The number of hydrogen-bond donors (Lipinski definition) is 2. The van der Waals surface area contributed by atoms with Crippen LogP contribution in [-0.4, -0.2) is 29.9 Å². The number of pyridine rings is 1. The zero-order chi connectivity index (χ0) is 22.8. The monoisotopic (exact) mass is 437 g/mol. The van der Waals surface area contributed by atoms with Crippen molar-refractivity contribution in [3.63, 3.8) is 0 Å². The molecule has 2 aromatic rings. The number of ketones is 1. The number of ether oxygens (including phenoxy) is 1. The number of aromatic nitrogens is 1. The van der Waals surface area contributed by atoms with Crippen LogP contribution in [0.15, 0.2) is 30.5 Å². The van der Waals surface area contributed by atoms with E-state index in [0.717, 1.165) is 0 Å². The highest BCUT2D eigenvalue weighted by Crippen LogP contribution is 2.30. The van der Waals surface area contributed by atoms with Crippen molar-refractivity contribution >= 4 is 29.2 Å². The van der Waals surface area contributed by atoms with E-state index in [1.54, 1.807) is 13.0 Å². The summed E-state index contributed by atoms with van der Waals surface area (Å²) in [5.41, 5.74) is 5.81. The average Bonchev–Trinajstić information content (AvgIpc) is 2.74. The first kappa shape index (κ1) is 25.5. The van der Waals surface area contributed by atoms with Crippen LogP contribution in [0.1, 0.15) is 68.1 Å². The molecule has 0 radical (unpaired) electrons. The zero-order valence-corrected chi connectivity index (χ0v) is 18.7. The number of anilines is 1. The highest BCUT2D eigenvalue weighted by atomic mass is 35.5. The summed E-state index contributed by atoms with van der Waals surface area (Å²) in [6, 6.07) is 5.32. The summed E-state index contributed by atoms with van der Waals surface area (Å²) < 4.78 is 19.9. The molecular weight excluding hydrogens is 409 g/mol. The molecular formula is C22H29ClFN3O3. The number of carbonyl (C=O) groups is 2. The SMILES string of the molecule is CC.CCC(NC(C)CC(=O)OC)c1ccc(Cl)c(C(=O)c2ccc(N)nc2)c1F. The Bertz CT molecular complexity index is 859. The van der Waals surface area contributed by atoms with Crippen molar-refractivity contribution in [1.82, 2.24) is 10.3 Å². The molecule has 1 aromatic heterocycles. The maximum Gasteiger partial charge on any atom is 0.307 e. The Morgan fingerprint density at radius 2 is 1.93 bits per heavy atom. The van der Waals surface area contributed by atoms with Gasteiger partial charge in [-0.3, -0.25) is 9.59 Å². The van der Waals surface area contributed by atoms with Gasteiger partial charge in [0, 0.05) is 29.4 Å². The molecule has 0 aliphatic carbocycles. The highest BCUT2D eigenvalue weighted by molar-refractivity contribution is 6.35. The Morgan fingerprint density at radius 1 is 1.27 bits per heavy atom. The summed E-state index contributed by atoms with van der Waals surface area (Å²) in [6.07, 6.45) is 1.97. The van der Waals surface area contributed by atoms with Gasteiger partial charge in [0.2, 0.25) is 0 Å². The fourth-order valence-corrected chi connectivity index (χ4v) is 3.12. The van der Waals surface area contributed by atoms with Crippen molar-refractivity contribution in [3.8, 4) is 0 Å². The lowest BCUT2D eigenvalue weighted by molar-refractivity contribution is -0.141. The number of nitrogens with one attached hydrogen (secondary N) is 1. The standard InChI is InChI=1S/C20H23ClFN3O3.C2H6/c1-4-15(25-11(2)9-17(26)28-3)13-6-7-14(21)18(19(13)22)20(27)12-5-8-16(23)24-10-12;1-2/h5-8,10-11,15,25H,4,9H2,1-3H3,(H2,23,24);1-2H3. The molecule has 2 rings (SSSR count). The lowest BCUT2D eigenvalue weighted by atomic mass is 9.96. The molecule has 0 aliphatic rings. The van der Waals surface area contributed by atoms with Crippen LogP contribution in [0.5, 0.6) is 0 Å². The number of nitrogens with zero attached hydrogens (tertiary/aromatic N) is 1.